The Bertz CT molecular complexity index is 507. The number of benzene rings is 1. The Kier molecular flexibility index (Phi) is 4.40. The molecule has 21 heavy (non-hydrogen) atoms. The van der Waals surface area contributed by atoms with Gasteiger partial charge >= 0.3 is 0 Å². The van der Waals surface area contributed by atoms with Crippen molar-refractivity contribution in [3.05, 3.63) is 29.8 Å². The van der Waals surface area contributed by atoms with Gasteiger partial charge in [0.2, 0.25) is 0 Å². The van der Waals surface area contributed by atoms with Crippen LogP contribution in [0.1, 0.15) is 38.1 Å². The van der Waals surface area contributed by atoms with E-state index < -0.39 is 0 Å². The van der Waals surface area contributed by atoms with Crippen LogP contribution in [0.4, 0.5) is 0 Å². The number of morpholine rings is 1. The van der Waals surface area contributed by atoms with Gasteiger partial charge in [-0.3, -0.25) is 9.69 Å². The molecule has 0 spiro atoms. The number of ether oxygens (including phenoxy) is 2. The summed E-state index contributed by atoms with van der Waals surface area (Å²) >= 11 is 0. The van der Waals surface area contributed by atoms with Crippen molar-refractivity contribution in [2.75, 3.05) is 26.7 Å². The van der Waals surface area contributed by atoms with E-state index in [2.05, 4.69) is 32.6 Å². The van der Waals surface area contributed by atoms with Crippen molar-refractivity contribution in [1.82, 2.24) is 4.90 Å². The number of methoxy groups -OCH3 is 1. The van der Waals surface area contributed by atoms with E-state index in [9.17, 15) is 4.79 Å². The Labute approximate surface area is 127 Å². The van der Waals surface area contributed by atoms with Crippen LogP contribution >= 0.6 is 0 Å². The topological polar surface area (TPSA) is 38.8 Å². The lowest BCUT2D eigenvalue weighted by atomic mass is 9.98. The lowest BCUT2D eigenvalue weighted by molar-refractivity contribution is -0.178. The number of Topliss-reactive ketones (excluding diaryl/α,β-unsaturated/α-hetero) is 1. The zero-order valence-corrected chi connectivity index (χ0v) is 13.6. The van der Waals surface area contributed by atoms with Crippen molar-refractivity contribution in [2.24, 2.45) is 0 Å². The van der Waals surface area contributed by atoms with Crippen molar-refractivity contribution in [3.63, 3.8) is 0 Å². The van der Waals surface area contributed by atoms with Crippen molar-refractivity contribution in [1.29, 1.82) is 0 Å². The highest BCUT2D eigenvalue weighted by Crippen LogP contribution is 2.28. The number of hydrogen-bond donors (Lipinski definition) is 0. The molecule has 0 atom stereocenters. The van der Waals surface area contributed by atoms with E-state index in [0.29, 0.717) is 17.9 Å². The smallest absolute Gasteiger partial charge is 0.176 e. The minimum Gasteiger partial charge on any atom is -0.497 e. The highest BCUT2D eigenvalue weighted by molar-refractivity contribution is 5.97. The predicted octanol–water partition coefficient (Wildman–Crippen LogP) is 2.77. The summed E-state index contributed by atoms with van der Waals surface area (Å²) in [5.41, 5.74) is 0.212. The molecule has 0 N–H and O–H groups in total. The fourth-order valence-corrected chi connectivity index (χ4v) is 3.15. The number of carbonyl (C=O) groups is 1. The standard InChI is InChI=1S/C17H25NO3/c1-16(2)11-18(12-17(3,4)21-16)10-15(19)13-7-6-8-14(9-13)20-5/h6-9H,10-12H2,1-5H3. The van der Waals surface area contributed by atoms with Crippen LogP contribution in [0, 0.1) is 0 Å². The summed E-state index contributed by atoms with van der Waals surface area (Å²) in [6.07, 6.45) is 0. The summed E-state index contributed by atoms with van der Waals surface area (Å²) in [6, 6.07) is 7.32. The van der Waals surface area contributed by atoms with Gasteiger partial charge in [0.25, 0.3) is 0 Å². The largest absolute Gasteiger partial charge is 0.497 e. The van der Waals surface area contributed by atoms with Crippen LogP contribution in [-0.2, 0) is 4.74 Å². The normalized spacial score (nSPS) is 21.0. The van der Waals surface area contributed by atoms with Gasteiger partial charge < -0.3 is 9.47 Å². The van der Waals surface area contributed by atoms with Gasteiger partial charge in [-0.15, -0.1) is 0 Å². The summed E-state index contributed by atoms with van der Waals surface area (Å²) in [5, 5.41) is 0. The average molecular weight is 291 g/mol. The first kappa shape index (κ1) is 16.0. The first-order valence-corrected chi connectivity index (χ1v) is 7.31. The summed E-state index contributed by atoms with van der Waals surface area (Å²) in [7, 11) is 1.61. The highest BCUT2D eigenvalue weighted by atomic mass is 16.5. The van der Waals surface area contributed by atoms with Crippen LogP contribution in [0.25, 0.3) is 0 Å². The molecule has 1 aliphatic rings. The number of nitrogens with zero attached hydrogens (tertiary/aromatic N) is 1. The minimum atomic E-state index is -0.240. The van der Waals surface area contributed by atoms with E-state index in [1.165, 1.54) is 0 Å². The fourth-order valence-electron chi connectivity index (χ4n) is 3.15. The molecule has 0 bridgehead atoms. The van der Waals surface area contributed by atoms with Gasteiger partial charge in [0, 0.05) is 18.7 Å². The molecule has 1 fully saturated rings. The molecule has 1 aromatic carbocycles. The second-order valence-corrected chi connectivity index (χ2v) is 6.92. The lowest BCUT2D eigenvalue weighted by Gasteiger charge is -2.47. The number of rotatable bonds is 4. The van der Waals surface area contributed by atoms with E-state index in [1.54, 1.807) is 13.2 Å². The molecule has 0 radical (unpaired) electrons. The van der Waals surface area contributed by atoms with Crippen molar-refractivity contribution in [2.45, 2.75) is 38.9 Å². The van der Waals surface area contributed by atoms with Gasteiger partial charge in [0.05, 0.1) is 24.9 Å². The molecule has 4 heteroatoms. The Morgan fingerprint density at radius 2 is 1.86 bits per heavy atom. The van der Waals surface area contributed by atoms with Crippen molar-refractivity contribution < 1.29 is 14.3 Å². The molecule has 1 saturated heterocycles. The highest BCUT2D eigenvalue weighted by Gasteiger charge is 2.38. The summed E-state index contributed by atoms with van der Waals surface area (Å²) in [4.78, 5) is 14.6. The third-order valence-corrected chi connectivity index (χ3v) is 3.52. The molecule has 0 amide bonds. The third-order valence-electron chi connectivity index (χ3n) is 3.52. The molecule has 0 saturated carbocycles. The Morgan fingerprint density at radius 3 is 2.43 bits per heavy atom. The van der Waals surface area contributed by atoms with Crippen LogP contribution in [-0.4, -0.2) is 48.6 Å². The summed E-state index contributed by atoms with van der Waals surface area (Å²) in [5.74, 6) is 0.825. The van der Waals surface area contributed by atoms with E-state index in [0.717, 1.165) is 13.1 Å². The molecule has 116 valence electrons. The van der Waals surface area contributed by atoms with E-state index in [1.807, 2.05) is 18.2 Å². The van der Waals surface area contributed by atoms with Gasteiger partial charge in [-0.25, -0.2) is 0 Å². The second kappa shape index (κ2) is 5.78. The average Bonchev–Trinajstić information content (AvgIpc) is 2.35. The first-order chi connectivity index (χ1) is 9.71. The van der Waals surface area contributed by atoms with Gasteiger partial charge in [0.15, 0.2) is 5.78 Å². The molecule has 1 aliphatic heterocycles. The fraction of sp³-hybridized carbons (Fsp3) is 0.588. The molecule has 0 unspecified atom stereocenters. The van der Waals surface area contributed by atoms with Gasteiger partial charge in [-0.2, -0.15) is 0 Å². The molecule has 0 aromatic heterocycles. The summed E-state index contributed by atoms with van der Waals surface area (Å²) < 4.78 is 11.2. The Balaban J connectivity index is 2.08. The third kappa shape index (κ3) is 4.29. The zero-order chi connectivity index (χ0) is 15.7. The molecule has 2 rings (SSSR count). The Morgan fingerprint density at radius 1 is 1.24 bits per heavy atom. The minimum absolute atomic E-state index is 0.113. The number of carbonyl (C=O) groups excluding carboxylic acids is 1. The maximum absolute atomic E-state index is 12.5. The van der Waals surface area contributed by atoms with E-state index >= 15 is 0 Å². The van der Waals surface area contributed by atoms with Crippen molar-refractivity contribution >= 4 is 5.78 Å². The molecular weight excluding hydrogens is 266 g/mol. The SMILES string of the molecule is COc1cccc(C(=O)CN2CC(C)(C)OC(C)(C)C2)c1. The quantitative estimate of drug-likeness (QED) is 0.800. The van der Waals surface area contributed by atoms with E-state index in [4.69, 9.17) is 9.47 Å². The maximum Gasteiger partial charge on any atom is 0.176 e. The Hall–Kier alpha value is -1.39. The second-order valence-electron chi connectivity index (χ2n) is 6.92. The molecular formula is C17H25NO3. The van der Waals surface area contributed by atoms with Crippen molar-refractivity contribution in [3.8, 4) is 5.75 Å². The van der Waals surface area contributed by atoms with Crippen LogP contribution in [0.5, 0.6) is 5.75 Å². The molecule has 0 aliphatic carbocycles. The van der Waals surface area contributed by atoms with Crippen LogP contribution in [0.15, 0.2) is 24.3 Å². The molecule has 4 nitrogen and oxygen atoms in total. The van der Waals surface area contributed by atoms with Crippen LogP contribution in [0.2, 0.25) is 0 Å². The van der Waals surface area contributed by atoms with Gasteiger partial charge in [-0.05, 0) is 39.8 Å². The van der Waals surface area contributed by atoms with Gasteiger partial charge in [0.1, 0.15) is 5.75 Å². The summed E-state index contributed by atoms with van der Waals surface area (Å²) in [6.45, 7) is 10.2. The number of hydrogen-bond acceptors (Lipinski definition) is 4. The predicted molar refractivity (Wildman–Crippen MR) is 83.0 cm³/mol. The first-order valence-electron chi connectivity index (χ1n) is 7.31. The van der Waals surface area contributed by atoms with Crippen LogP contribution < -0.4 is 4.74 Å². The van der Waals surface area contributed by atoms with Crippen LogP contribution in [0.3, 0.4) is 0 Å². The monoisotopic (exact) mass is 291 g/mol. The van der Waals surface area contributed by atoms with E-state index in [-0.39, 0.29) is 17.0 Å². The maximum atomic E-state index is 12.5. The lowest BCUT2D eigenvalue weighted by Crippen LogP contribution is -2.58. The zero-order valence-electron chi connectivity index (χ0n) is 13.6. The molecule has 1 heterocycles. The molecule has 1 aromatic rings. The number of ketones is 1. The van der Waals surface area contributed by atoms with Gasteiger partial charge in [-0.1, -0.05) is 12.1 Å².